The molecule has 0 fully saturated rings. The molecule has 7 heteroatoms. The van der Waals surface area contributed by atoms with Crippen LogP contribution in [0.5, 0.6) is 0 Å². The number of oxazole rings is 1. The van der Waals surface area contributed by atoms with Gasteiger partial charge in [0.25, 0.3) is 0 Å². The molecular formula is C8H6N6O. The Kier molecular flexibility index (Phi) is 1.46. The number of anilines is 1. The van der Waals surface area contributed by atoms with E-state index in [-0.39, 0.29) is 0 Å². The fourth-order valence-corrected chi connectivity index (χ4v) is 1.31. The van der Waals surface area contributed by atoms with E-state index in [1.54, 1.807) is 12.4 Å². The summed E-state index contributed by atoms with van der Waals surface area (Å²) in [5, 5.41) is 3.97. The third kappa shape index (κ3) is 1.13. The Hall–Kier alpha value is -2.44. The maximum atomic E-state index is 5.70. The maximum absolute atomic E-state index is 5.70. The molecule has 0 bridgehead atoms. The molecule has 0 amide bonds. The second-order valence-corrected chi connectivity index (χ2v) is 2.88. The summed E-state index contributed by atoms with van der Waals surface area (Å²) in [6.07, 6.45) is 6.08. The summed E-state index contributed by atoms with van der Waals surface area (Å²) >= 11 is 0. The van der Waals surface area contributed by atoms with E-state index in [0.29, 0.717) is 23.0 Å². The van der Waals surface area contributed by atoms with Crippen LogP contribution < -0.4 is 5.73 Å². The minimum atomic E-state index is 0.295. The summed E-state index contributed by atoms with van der Waals surface area (Å²) in [6.45, 7) is 0. The van der Waals surface area contributed by atoms with Gasteiger partial charge in [0.2, 0.25) is 5.89 Å². The van der Waals surface area contributed by atoms with Gasteiger partial charge >= 0.3 is 0 Å². The third-order valence-corrected chi connectivity index (χ3v) is 1.94. The van der Waals surface area contributed by atoms with E-state index in [9.17, 15) is 0 Å². The zero-order valence-corrected chi connectivity index (χ0v) is 7.53. The van der Waals surface area contributed by atoms with Crippen molar-refractivity contribution in [1.82, 2.24) is 24.6 Å². The molecule has 0 aliphatic heterocycles. The van der Waals surface area contributed by atoms with Crippen molar-refractivity contribution in [1.29, 1.82) is 0 Å². The number of hydrogen-bond donors (Lipinski definition) is 1. The molecule has 15 heavy (non-hydrogen) atoms. The summed E-state index contributed by atoms with van der Waals surface area (Å²) < 4.78 is 6.64. The van der Waals surface area contributed by atoms with E-state index in [1.807, 2.05) is 0 Å². The molecular weight excluding hydrogens is 196 g/mol. The first-order valence-electron chi connectivity index (χ1n) is 4.20. The molecule has 0 saturated carbocycles. The van der Waals surface area contributed by atoms with E-state index in [1.165, 1.54) is 17.1 Å². The molecule has 0 aliphatic rings. The van der Waals surface area contributed by atoms with Crippen LogP contribution in [0.1, 0.15) is 0 Å². The van der Waals surface area contributed by atoms with Crippen molar-refractivity contribution in [2.45, 2.75) is 0 Å². The quantitative estimate of drug-likeness (QED) is 0.612. The Morgan fingerprint density at radius 3 is 3.07 bits per heavy atom. The zero-order chi connectivity index (χ0) is 10.3. The molecule has 0 spiro atoms. The van der Waals surface area contributed by atoms with Gasteiger partial charge in [-0.15, -0.1) is 0 Å². The van der Waals surface area contributed by atoms with Crippen molar-refractivity contribution in [3.63, 3.8) is 0 Å². The van der Waals surface area contributed by atoms with Gasteiger partial charge in [0.15, 0.2) is 11.5 Å². The topological polar surface area (TPSA) is 95.1 Å². The Labute approximate surface area is 83.6 Å². The Balaban J connectivity index is 2.29. The summed E-state index contributed by atoms with van der Waals surface area (Å²) in [5.74, 6) is 0.697. The highest BCUT2D eigenvalue weighted by Gasteiger charge is 2.09. The van der Waals surface area contributed by atoms with Gasteiger partial charge in [-0.05, 0) is 0 Å². The summed E-state index contributed by atoms with van der Waals surface area (Å²) in [6, 6.07) is 0. The lowest BCUT2D eigenvalue weighted by atomic mass is 10.4. The first kappa shape index (κ1) is 7.92. The average molecular weight is 202 g/mol. The van der Waals surface area contributed by atoms with E-state index < -0.39 is 0 Å². The molecule has 3 aromatic rings. The van der Waals surface area contributed by atoms with Crippen molar-refractivity contribution in [3.8, 4) is 11.6 Å². The molecule has 0 atom stereocenters. The van der Waals surface area contributed by atoms with Crippen molar-refractivity contribution in [2.24, 2.45) is 0 Å². The highest BCUT2D eigenvalue weighted by molar-refractivity contribution is 5.62. The Morgan fingerprint density at radius 1 is 1.33 bits per heavy atom. The number of aromatic nitrogens is 5. The van der Waals surface area contributed by atoms with Crippen molar-refractivity contribution in [2.75, 3.05) is 5.73 Å². The van der Waals surface area contributed by atoms with Crippen LogP contribution in [-0.4, -0.2) is 24.6 Å². The van der Waals surface area contributed by atoms with E-state index in [4.69, 9.17) is 10.2 Å². The van der Waals surface area contributed by atoms with Gasteiger partial charge in [-0.25, -0.2) is 19.5 Å². The van der Waals surface area contributed by atoms with Gasteiger partial charge in [0.05, 0.1) is 12.4 Å². The molecule has 3 heterocycles. The van der Waals surface area contributed by atoms with E-state index in [0.717, 1.165) is 0 Å². The molecule has 0 aromatic carbocycles. The maximum Gasteiger partial charge on any atom is 0.246 e. The van der Waals surface area contributed by atoms with Gasteiger partial charge in [-0.1, -0.05) is 0 Å². The predicted octanol–water partition coefficient (Wildman–Crippen LogP) is 0.361. The van der Waals surface area contributed by atoms with Crippen LogP contribution in [0.3, 0.4) is 0 Å². The monoisotopic (exact) mass is 202 g/mol. The molecule has 0 radical (unpaired) electrons. The predicted molar refractivity (Wildman–Crippen MR) is 50.7 cm³/mol. The molecule has 7 nitrogen and oxygen atoms in total. The fourth-order valence-electron chi connectivity index (χ4n) is 1.31. The second-order valence-electron chi connectivity index (χ2n) is 2.88. The SMILES string of the molecule is Nc1nc(-c2ncco2)cn2ncnc12. The minimum absolute atomic E-state index is 0.295. The van der Waals surface area contributed by atoms with Gasteiger partial charge in [-0.2, -0.15) is 5.10 Å². The molecule has 0 saturated heterocycles. The number of hydrogen-bond acceptors (Lipinski definition) is 6. The smallest absolute Gasteiger partial charge is 0.246 e. The van der Waals surface area contributed by atoms with Crippen molar-refractivity contribution < 1.29 is 4.42 Å². The number of nitrogen functional groups attached to an aromatic ring is 1. The molecule has 2 N–H and O–H groups in total. The first-order chi connectivity index (χ1) is 7.34. The minimum Gasteiger partial charge on any atom is -0.443 e. The van der Waals surface area contributed by atoms with Gasteiger partial charge < -0.3 is 10.2 Å². The Bertz CT molecular complexity index is 599. The summed E-state index contributed by atoms with van der Waals surface area (Å²) in [5.41, 5.74) is 6.75. The van der Waals surface area contributed by atoms with Crippen molar-refractivity contribution >= 4 is 11.5 Å². The lowest BCUT2D eigenvalue weighted by Gasteiger charge is -1.98. The highest BCUT2D eigenvalue weighted by atomic mass is 16.3. The van der Waals surface area contributed by atoms with E-state index >= 15 is 0 Å². The van der Waals surface area contributed by atoms with Crippen LogP contribution in [0.15, 0.2) is 29.4 Å². The largest absolute Gasteiger partial charge is 0.443 e. The fraction of sp³-hybridized carbons (Fsp3) is 0. The van der Waals surface area contributed by atoms with Crippen LogP contribution in [0.4, 0.5) is 5.82 Å². The summed E-state index contributed by atoms with van der Waals surface area (Å²) in [4.78, 5) is 12.0. The van der Waals surface area contributed by atoms with E-state index in [2.05, 4.69) is 20.1 Å². The highest BCUT2D eigenvalue weighted by Crippen LogP contribution is 2.17. The molecule has 3 aromatic heterocycles. The molecule has 0 aliphatic carbocycles. The second kappa shape index (κ2) is 2.77. The van der Waals surface area contributed by atoms with Crippen LogP contribution in [0.2, 0.25) is 0 Å². The van der Waals surface area contributed by atoms with Crippen LogP contribution in [0, 0.1) is 0 Å². The summed E-state index contributed by atoms with van der Waals surface area (Å²) in [7, 11) is 0. The first-order valence-corrected chi connectivity index (χ1v) is 4.20. The normalized spacial score (nSPS) is 10.9. The average Bonchev–Trinajstić information content (AvgIpc) is 2.88. The van der Waals surface area contributed by atoms with Crippen LogP contribution >= 0.6 is 0 Å². The van der Waals surface area contributed by atoms with Crippen LogP contribution in [0.25, 0.3) is 17.2 Å². The number of fused-ring (bicyclic) bond motifs is 1. The number of nitrogens with zero attached hydrogens (tertiary/aromatic N) is 5. The molecule has 74 valence electrons. The number of nitrogens with two attached hydrogens (primary N) is 1. The third-order valence-electron chi connectivity index (χ3n) is 1.94. The Morgan fingerprint density at radius 2 is 2.27 bits per heavy atom. The standard InChI is InChI=1S/C8H6N6O/c9-6-7-11-4-12-14(7)3-5(13-6)8-10-1-2-15-8/h1-4H,(H2,9,13). The lowest BCUT2D eigenvalue weighted by molar-refractivity contribution is 0.571. The lowest BCUT2D eigenvalue weighted by Crippen LogP contribution is -1.99. The number of rotatable bonds is 1. The van der Waals surface area contributed by atoms with Gasteiger partial charge in [-0.3, -0.25) is 0 Å². The zero-order valence-electron chi connectivity index (χ0n) is 7.53. The van der Waals surface area contributed by atoms with Crippen molar-refractivity contribution in [3.05, 3.63) is 25.0 Å². The van der Waals surface area contributed by atoms with Gasteiger partial charge in [0.1, 0.15) is 18.3 Å². The molecule has 3 rings (SSSR count). The van der Waals surface area contributed by atoms with Crippen LogP contribution in [-0.2, 0) is 0 Å². The molecule has 0 unspecified atom stereocenters. The van der Waals surface area contributed by atoms with Gasteiger partial charge in [0, 0.05) is 0 Å².